The number of carboxylic acids is 1. The van der Waals surface area contributed by atoms with Crippen LogP contribution in [0.15, 0.2) is 24.0 Å². The van der Waals surface area contributed by atoms with Crippen LogP contribution in [-0.2, 0) is 4.79 Å². The van der Waals surface area contributed by atoms with Crippen molar-refractivity contribution in [2.45, 2.75) is 0 Å². The minimum Gasteiger partial charge on any atom is -0.489 e. The fourth-order valence-electron chi connectivity index (χ4n) is 1.75. The van der Waals surface area contributed by atoms with Crippen molar-refractivity contribution in [3.05, 3.63) is 34.4 Å². The van der Waals surface area contributed by atoms with Crippen LogP contribution in [-0.4, -0.2) is 17.7 Å². The highest BCUT2D eigenvalue weighted by atomic mass is 16.5. The number of benzene rings is 1. The van der Waals surface area contributed by atoms with Gasteiger partial charge in [-0.15, -0.1) is 0 Å². The average Bonchev–Trinajstić information content (AvgIpc) is 2.71. The van der Waals surface area contributed by atoms with E-state index in [1.807, 2.05) is 12.1 Å². The lowest BCUT2D eigenvalue weighted by Gasteiger charge is -2.09. The quantitative estimate of drug-likeness (QED) is 0.718. The van der Waals surface area contributed by atoms with E-state index >= 15 is 0 Å². The first-order chi connectivity index (χ1) is 7.74. The number of rotatable bonds is 1. The van der Waals surface area contributed by atoms with Gasteiger partial charge in [0.1, 0.15) is 24.4 Å². The van der Waals surface area contributed by atoms with Gasteiger partial charge in [0.05, 0.1) is 5.57 Å². The second kappa shape index (κ2) is 3.13. The van der Waals surface area contributed by atoms with Crippen molar-refractivity contribution in [3.63, 3.8) is 0 Å². The van der Waals surface area contributed by atoms with Crippen LogP contribution in [0.5, 0.6) is 11.5 Å². The smallest absolute Gasteiger partial charge is 0.338 e. The summed E-state index contributed by atoms with van der Waals surface area (Å²) in [4.78, 5) is 10.8. The van der Waals surface area contributed by atoms with E-state index in [1.165, 1.54) is 6.26 Å². The summed E-state index contributed by atoms with van der Waals surface area (Å²) < 4.78 is 10.6. The Morgan fingerprint density at radius 1 is 1.25 bits per heavy atom. The van der Waals surface area contributed by atoms with Gasteiger partial charge in [-0.25, -0.2) is 4.79 Å². The van der Waals surface area contributed by atoms with Crippen molar-refractivity contribution in [1.82, 2.24) is 0 Å². The summed E-state index contributed by atoms with van der Waals surface area (Å²) in [7, 11) is 0. The summed E-state index contributed by atoms with van der Waals surface area (Å²) in [5.41, 5.74) is 0.134. The number of ether oxygens (including phenoxy) is 2. The molecule has 0 spiro atoms. The first-order valence-corrected chi connectivity index (χ1v) is 4.83. The van der Waals surface area contributed by atoms with Gasteiger partial charge >= 0.3 is 5.97 Å². The van der Waals surface area contributed by atoms with Crippen molar-refractivity contribution in [1.29, 1.82) is 0 Å². The second-order valence-electron chi connectivity index (χ2n) is 3.58. The van der Waals surface area contributed by atoms with E-state index in [4.69, 9.17) is 14.6 Å². The molecule has 0 bridgehead atoms. The summed E-state index contributed by atoms with van der Waals surface area (Å²) in [5.74, 6) is 0.425. The van der Waals surface area contributed by atoms with Crippen molar-refractivity contribution >= 4 is 18.1 Å². The van der Waals surface area contributed by atoms with E-state index < -0.39 is 5.97 Å². The highest BCUT2D eigenvalue weighted by Gasteiger charge is 2.13. The lowest BCUT2D eigenvalue weighted by Crippen LogP contribution is -2.17. The molecule has 0 saturated heterocycles. The molecule has 2 aliphatic heterocycles. The van der Waals surface area contributed by atoms with Gasteiger partial charge in [-0.2, -0.15) is 0 Å². The molecule has 4 nitrogen and oxygen atoms in total. The molecule has 1 N–H and O–H groups in total. The first kappa shape index (κ1) is 9.03. The van der Waals surface area contributed by atoms with Crippen LogP contribution >= 0.6 is 0 Å². The molecule has 0 fully saturated rings. The largest absolute Gasteiger partial charge is 0.489 e. The molecule has 0 atom stereocenters. The zero-order chi connectivity index (χ0) is 11.1. The molecule has 0 saturated carbocycles. The Morgan fingerprint density at radius 3 is 2.88 bits per heavy atom. The Bertz CT molecular complexity index is 625. The molecule has 16 heavy (non-hydrogen) atoms. The Hall–Kier alpha value is -2.23. The Kier molecular flexibility index (Phi) is 1.77. The summed E-state index contributed by atoms with van der Waals surface area (Å²) >= 11 is 0. The van der Waals surface area contributed by atoms with Gasteiger partial charge in [0.25, 0.3) is 0 Å². The standard InChI is InChI=1S/C12H8O4/c13-12(14)9-3-8-5-10-7(1-2-15-10)4-11(8)16-6-9/h1,3-6H,2H2,(H,13,14). The molecule has 1 aromatic rings. The van der Waals surface area contributed by atoms with Crippen molar-refractivity contribution in [2.75, 3.05) is 6.61 Å². The molecule has 0 amide bonds. The zero-order valence-electron chi connectivity index (χ0n) is 8.27. The maximum Gasteiger partial charge on any atom is 0.338 e. The molecule has 0 aliphatic carbocycles. The van der Waals surface area contributed by atoms with E-state index in [2.05, 4.69) is 0 Å². The van der Waals surface area contributed by atoms with Crippen LogP contribution < -0.4 is 19.9 Å². The lowest BCUT2D eigenvalue weighted by atomic mass is 10.1. The van der Waals surface area contributed by atoms with E-state index in [-0.39, 0.29) is 5.57 Å². The second-order valence-corrected chi connectivity index (χ2v) is 3.58. The van der Waals surface area contributed by atoms with Crippen LogP contribution in [0.4, 0.5) is 0 Å². The Labute approximate surface area is 90.7 Å². The first-order valence-electron chi connectivity index (χ1n) is 4.83. The van der Waals surface area contributed by atoms with Gasteiger partial charge < -0.3 is 14.6 Å². The highest BCUT2D eigenvalue weighted by Crippen LogP contribution is 2.15. The number of fused-ring (bicyclic) bond motifs is 2. The molecule has 0 radical (unpaired) electrons. The van der Waals surface area contributed by atoms with E-state index in [9.17, 15) is 4.79 Å². The van der Waals surface area contributed by atoms with Gasteiger partial charge in [0, 0.05) is 10.4 Å². The number of hydrogen-bond acceptors (Lipinski definition) is 3. The molecule has 2 aliphatic rings. The predicted molar refractivity (Wildman–Crippen MR) is 56.5 cm³/mol. The van der Waals surface area contributed by atoms with Crippen LogP contribution in [0.3, 0.4) is 0 Å². The third kappa shape index (κ3) is 1.27. The summed E-state index contributed by atoms with van der Waals surface area (Å²) in [6.07, 6.45) is 4.77. The fraction of sp³-hybridized carbons (Fsp3) is 0.0833. The van der Waals surface area contributed by atoms with Gasteiger partial charge in [-0.05, 0) is 24.3 Å². The van der Waals surface area contributed by atoms with Gasteiger partial charge in [-0.3, -0.25) is 0 Å². The summed E-state index contributed by atoms with van der Waals surface area (Å²) in [6, 6.07) is 3.65. The van der Waals surface area contributed by atoms with Crippen LogP contribution in [0.2, 0.25) is 0 Å². The molecule has 3 rings (SSSR count). The molecule has 2 heterocycles. The fourth-order valence-corrected chi connectivity index (χ4v) is 1.75. The summed E-state index contributed by atoms with van der Waals surface area (Å²) in [5, 5.41) is 10.6. The monoisotopic (exact) mass is 216 g/mol. The van der Waals surface area contributed by atoms with E-state index in [0.29, 0.717) is 12.4 Å². The number of hydrogen-bond donors (Lipinski definition) is 1. The molecular weight excluding hydrogens is 208 g/mol. The minimum atomic E-state index is -1.00. The molecule has 0 aromatic heterocycles. The van der Waals surface area contributed by atoms with Crippen LogP contribution in [0.1, 0.15) is 0 Å². The van der Waals surface area contributed by atoms with Crippen LogP contribution in [0.25, 0.3) is 12.2 Å². The van der Waals surface area contributed by atoms with E-state index in [1.54, 1.807) is 12.1 Å². The van der Waals surface area contributed by atoms with Crippen molar-refractivity contribution in [2.24, 2.45) is 0 Å². The molecule has 4 heteroatoms. The maximum absolute atomic E-state index is 10.8. The van der Waals surface area contributed by atoms with Crippen LogP contribution in [0, 0.1) is 0 Å². The average molecular weight is 216 g/mol. The normalized spacial score (nSPS) is 15.6. The predicted octanol–water partition coefficient (Wildman–Crippen LogP) is 0.000900. The third-order valence-electron chi connectivity index (χ3n) is 2.56. The van der Waals surface area contributed by atoms with Gasteiger partial charge in [0.2, 0.25) is 0 Å². The van der Waals surface area contributed by atoms with Crippen molar-refractivity contribution < 1.29 is 19.4 Å². The van der Waals surface area contributed by atoms with Crippen molar-refractivity contribution in [3.8, 4) is 11.5 Å². The third-order valence-corrected chi connectivity index (χ3v) is 2.56. The topological polar surface area (TPSA) is 55.8 Å². The van der Waals surface area contributed by atoms with E-state index in [0.717, 1.165) is 16.2 Å². The summed E-state index contributed by atoms with van der Waals surface area (Å²) in [6.45, 7) is 0.553. The number of carboxylic acid groups (broad SMARTS) is 1. The molecule has 80 valence electrons. The van der Waals surface area contributed by atoms with Gasteiger partial charge in [-0.1, -0.05) is 0 Å². The van der Waals surface area contributed by atoms with Gasteiger partial charge in [0.15, 0.2) is 0 Å². The zero-order valence-corrected chi connectivity index (χ0v) is 8.27. The number of carbonyl (C=O) groups is 1. The minimum absolute atomic E-state index is 0.134. The Morgan fingerprint density at radius 2 is 2.06 bits per heavy atom. The SMILES string of the molecule is O=C(O)C1=COc2cc3c(cc2=C1)OCC=3. The molecule has 0 unspecified atom stereocenters. The Balaban J connectivity index is 2.21. The number of aliphatic carboxylic acids is 1. The maximum atomic E-state index is 10.8. The molecular formula is C12H8O4. The highest BCUT2D eigenvalue weighted by molar-refractivity contribution is 5.96. The molecule has 1 aromatic carbocycles. The lowest BCUT2D eigenvalue weighted by molar-refractivity contribution is -0.132.